The number of hydrogen-bond acceptors (Lipinski definition) is 3. The number of carboxylic acids is 1. The summed E-state index contributed by atoms with van der Waals surface area (Å²) in [5.41, 5.74) is 3.20. The van der Waals surface area contributed by atoms with E-state index >= 15 is 0 Å². The van der Waals surface area contributed by atoms with Gasteiger partial charge in [0, 0.05) is 25.3 Å². The molecule has 4 heteroatoms. The van der Waals surface area contributed by atoms with Gasteiger partial charge < -0.3 is 5.11 Å². The Morgan fingerprint density at radius 3 is 2.77 bits per heavy atom. The molecule has 1 aromatic rings. The molecule has 0 amide bonds. The molecule has 0 bridgehead atoms. The van der Waals surface area contributed by atoms with E-state index in [0.717, 1.165) is 36.8 Å². The maximum atomic E-state index is 11.0. The van der Waals surface area contributed by atoms with Crippen molar-refractivity contribution in [3.63, 3.8) is 0 Å². The fourth-order valence-corrected chi connectivity index (χ4v) is 4.77. The van der Waals surface area contributed by atoms with Crippen molar-refractivity contribution < 1.29 is 9.90 Å². The number of hydrogen-bond donors (Lipinski definition) is 1. The standard InChI is InChI=1S/C18H24N2O2/c21-17(22)14-8-13-4-7-20(12-16(13)19-11-14)15-9-18(10-15)5-2-1-3-6-18/h8,11,15H,1-7,9-10,12H2,(H,21,22). The fourth-order valence-electron chi connectivity index (χ4n) is 4.77. The van der Waals surface area contributed by atoms with Gasteiger partial charge in [0.15, 0.2) is 0 Å². The average molecular weight is 300 g/mol. The molecule has 118 valence electrons. The highest BCUT2D eigenvalue weighted by Crippen LogP contribution is 2.53. The monoisotopic (exact) mass is 300 g/mol. The van der Waals surface area contributed by atoms with Crippen LogP contribution in [0, 0.1) is 5.41 Å². The Balaban J connectivity index is 1.42. The zero-order valence-corrected chi connectivity index (χ0v) is 13.1. The molecule has 1 aromatic heterocycles. The summed E-state index contributed by atoms with van der Waals surface area (Å²) in [4.78, 5) is 18.0. The van der Waals surface area contributed by atoms with Gasteiger partial charge in [-0.15, -0.1) is 0 Å². The third kappa shape index (κ3) is 2.43. The summed E-state index contributed by atoms with van der Waals surface area (Å²) in [5, 5.41) is 9.06. The highest BCUT2D eigenvalue weighted by atomic mass is 16.4. The van der Waals surface area contributed by atoms with E-state index in [2.05, 4.69) is 9.88 Å². The molecule has 4 rings (SSSR count). The molecule has 0 saturated heterocycles. The van der Waals surface area contributed by atoms with Crippen molar-refractivity contribution in [1.82, 2.24) is 9.88 Å². The molecule has 0 unspecified atom stereocenters. The molecule has 0 radical (unpaired) electrons. The summed E-state index contributed by atoms with van der Waals surface area (Å²) in [6.07, 6.45) is 12.3. The second kappa shape index (κ2) is 5.34. The number of aromatic nitrogens is 1. The number of rotatable bonds is 2. The van der Waals surface area contributed by atoms with Crippen LogP contribution in [0.25, 0.3) is 0 Å². The van der Waals surface area contributed by atoms with Crippen molar-refractivity contribution in [3.05, 3.63) is 29.1 Å². The van der Waals surface area contributed by atoms with E-state index in [1.165, 1.54) is 51.1 Å². The Morgan fingerprint density at radius 2 is 2.05 bits per heavy atom. The molecular weight excluding hydrogens is 276 g/mol. The molecule has 4 nitrogen and oxygen atoms in total. The molecule has 1 spiro atoms. The van der Waals surface area contributed by atoms with E-state index in [0.29, 0.717) is 11.0 Å². The SMILES string of the molecule is O=C(O)c1cnc2c(c1)CCN(C1CC3(CCCCC3)C1)C2. The van der Waals surface area contributed by atoms with Crippen LogP contribution in [-0.4, -0.2) is 33.5 Å². The van der Waals surface area contributed by atoms with Crippen LogP contribution < -0.4 is 0 Å². The minimum atomic E-state index is -0.879. The number of pyridine rings is 1. The summed E-state index contributed by atoms with van der Waals surface area (Å²) in [6, 6.07) is 2.54. The van der Waals surface area contributed by atoms with Gasteiger partial charge in [-0.05, 0) is 49.1 Å². The largest absolute Gasteiger partial charge is 0.478 e. The summed E-state index contributed by atoms with van der Waals surface area (Å²) in [7, 11) is 0. The van der Waals surface area contributed by atoms with Gasteiger partial charge in [-0.2, -0.15) is 0 Å². The van der Waals surface area contributed by atoms with E-state index in [-0.39, 0.29) is 0 Å². The second-order valence-electron chi connectivity index (χ2n) is 7.48. The van der Waals surface area contributed by atoms with Crippen LogP contribution in [0.4, 0.5) is 0 Å². The first-order chi connectivity index (χ1) is 10.7. The van der Waals surface area contributed by atoms with Gasteiger partial charge in [-0.1, -0.05) is 19.3 Å². The molecule has 3 aliphatic rings. The normalized spacial score (nSPS) is 24.7. The lowest BCUT2D eigenvalue weighted by molar-refractivity contribution is -0.0313. The van der Waals surface area contributed by atoms with Crippen LogP contribution in [0.15, 0.2) is 12.3 Å². The van der Waals surface area contributed by atoms with Gasteiger partial charge in [-0.3, -0.25) is 9.88 Å². The summed E-state index contributed by atoms with van der Waals surface area (Å²) in [5.74, 6) is -0.879. The number of nitrogens with zero attached hydrogens (tertiary/aromatic N) is 2. The van der Waals surface area contributed by atoms with Crippen LogP contribution >= 0.6 is 0 Å². The summed E-state index contributed by atoms with van der Waals surface area (Å²) >= 11 is 0. The molecular formula is C18H24N2O2. The van der Waals surface area contributed by atoms with Crippen LogP contribution in [0.3, 0.4) is 0 Å². The zero-order valence-electron chi connectivity index (χ0n) is 13.1. The molecule has 0 atom stereocenters. The molecule has 2 fully saturated rings. The van der Waals surface area contributed by atoms with Gasteiger partial charge in [-0.25, -0.2) is 4.79 Å². The highest BCUT2D eigenvalue weighted by Gasteiger charge is 2.46. The molecule has 2 saturated carbocycles. The lowest BCUT2D eigenvalue weighted by Gasteiger charge is -2.54. The van der Waals surface area contributed by atoms with Gasteiger partial charge in [0.05, 0.1) is 11.3 Å². The molecule has 1 N–H and O–H groups in total. The van der Waals surface area contributed by atoms with Gasteiger partial charge in [0.2, 0.25) is 0 Å². The fraction of sp³-hybridized carbons (Fsp3) is 0.667. The number of carbonyl (C=O) groups is 1. The van der Waals surface area contributed by atoms with E-state index in [4.69, 9.17) is 5.11 Å². The summed E-state index contributed by atoms with van der Waals surface area (Å²) < 4.78 is 0. The first-order valence-electron chi connectivity index (χ1n) is 8.60. The Morgan fingerprint density at radius 1 is 1.27 bits per heavy atom. The Labute approximate surface area is 131 Å². The quantitative estimate of drug-likeness (QED) is 0.911. The lowest BCUT2D eigenvalue weighted by Crippen LogP contribution is -2.52. The van der Waals surface area contributed by atoms with E-state index < -0.39 is 5.97 Å². The lowest BCUT2D eigenvalue weighted by atomic mass is 9.58. The van der Waals surface area contributed by atoms with E-state index in [1.54, 1.807) is 0 Å². The van der Waals surface area contributed by atoms with E-state index in [9.17, 15) is 4.79 Å². The van der Waals surface area contributed by atoms with Crippen LogP contribution in [0.5, 0.6) is 0 Å². The predicted molar refractivity (Wildman–Crippen MR) is 83.9 cm³/mol. The molecule has 2 heterocycles. The molecule has 2 aliphatic carbocycles. The van der Waals surface area contributed by atoms with E-state index in [1.807, 2.05) is 6.07 Å². The first-order valence-corrected chi connectivity index (χ1v) is 8.60. The van der Waals surface area contributed by atoms with Crippen molar-refractivity contribution in [2.24, 2.45) is 5.41 Å². The van der Waals surface area contributed by atoms with Crippen molar-refractivity contribution >= 4 is 5.97 Å². The molecule has 1 aliphatic heterocycles. The van der Waals surface area contributed by atoms with Gasteiger partial charge in [0.1, 0.15) is 0 Å². The third-order valence-corrected chi connectivity index (χ3v) is 6.10. The smallest absolute Gasteiger partial charge is 0.337 e. The molecule has 22 heavy (non-hydrogen) atoms. The number of aromatic carboxylic acids is 1. The minimum Gasteiger partial charge on any atom is -0.478 e. The Bertz CT molecular complexity index is 585. The molecule has 0 aromatic carbocycles. The van der Waals surface area contributed by atoms with Crippen LogP contribution in [-0.2, 0) is 13.0 Å². The van der Waals surface area contributed by atoms with Crippen LogP contribution in [0.1, 0.15) is 66.6 Å². The second-order valence-corrected chi connectivity index (χ2v) is 7.48. The van der Waals surface area contributed by atoms with Gasteiger partial charge >= 0.3 is 5.97 Å². The maximum absolute atomic E-state index is 11.0. The van der Waals surface area contributed by atoms with Crippen molar-refractivity contribution in [2.75, 3.05) is 6.54 Å². The topological polar surface area (TPSA) is 53.4 Å². The zero-order chi connectivity index (χ0) is 15.2. The Hall–Kier alpha value is -1.42. The van der Waals surface area contributed by atoms with Crippen molar-refractivity contribution in [3.8, 4) is 0 Å². The number of fused-ring (bicyclic) bond motifs is 1. The Kier molecular flexibility index (Phi) is 3.44. The van der Waals surface area contributed by atoms with Crippen molar-refractivity contribution in [1.29, 1.82) is 0 Å². The maximum Gasteiger partial charge on any atom is 0.337 e. The minimum absolute atomic E-state index is 0.317. The third-order valence-electron chi connectivity index (χ3n) is 6.10. The van der Waals surface area contributed by atoms with Crippen LogP contribution in [0.2, 0.25) is 0 Å². The predicted octanol–water partition coefficient (Wildman–Crippen LogP) is 3.25. The summed E-state index contributed by atoms with van der Waals surface area (Å²) in [6.45, 7) is 1.95. The van der Waals surface area contributed by atoms with Gasteiger partial charge in [0.25, 0.3) is 0 Å². The average Bonchev–Trinajstić information content (AvgIpc) is 2.52. The van der Waals surface area contributed by atoms with Crippen molar-refractivity contribution in [2.45, 2.75) is 64.0 Å². The number of carboxylic acid groups (broad SMARTS) is 1. The highest BCUT2D eigenvalue weighted by molar-refractivity contribution is 5.87. The first kappa shape index (κ1) is 14.2.